The second-order valence-corrected chi connectivity index (χ2v) is 8.00. The number of ether oxygens (including phenoxy) is 1. The molecule has 7 heteroatoms. The molecule has 2 aliphatic rings. The first-order valence-electron chi connectivity index (χ1n) is 10.1. The van der Waals surface area contributed by atoms with Gasteiger partial charge in [0.1, 0.15) is 6.61 Å². The van der Waals surface area contributed by atoms with E-state index in [1.807, 2.05) is 24.3 Å². The van der Waals surface area contributed by atoms with Gasteiger partial charge in [0.15, 0.2) is 0 Å². The van der Waals surface area contributed by atoms with Crippen LogP contribution in [-0.2, 0) is 25.7 Å². The summed E-state index contributed by atoms with van der Waals surface area (Å²) in [6.07, 6.45) is 7.04. The van der Waals surface area contributed by atoms with Gasteiger partial charge in [-0.05, 0) is 43.4 Å². The van der Waals surface area contributed by atoms with Gasteiger partial charge in [0, 0.05) is 31.0 Å². The van der Waals surface area contributed by atoms with Gasteiger partial charge in [-0.3, -0.25) is 14.4 Å². The van der Waals surface area contributed by atoms with Crippen molar-refractivity contribution in [1.82, 2.24) is 10.2 Å². The van der Waals surface area contributed by atoms with E-state index in [4.69, 9.17) is 16.3 Å². The van der Waals surface area contributed by atoms with Gasteiger partial charge in [0.25, 0.3) is 0 Å². The molecule has 1 aromatic rings. The van der Waals surface area contributed by atoms with Gasteiger partial charge in [0.05, 0.1) is 12.0 Å². The minimum absolute atomic E-state index is 0.0320. The molecule has 2 atom stereocenters. The van der Waals surface area contributed by atoms with Crippen LogP contribution in [0.3, 0.4) is 0 Å². The number of allylic oxidation sites excluding steroid dienone is 2. The number of halogens is 1. The fraction of sp³-hybridized carbons (Fsp3) is 0.500. The summed E-state index contributed by atoms with van der Waals surface area (Å²) < 4.78 is 5.33. The van der Waals surface area contributed by atoms with Crippen LogP contribution in [0.4, 0.5) is 0 Å². The Balaban J connectivity index is 1.63. The zero-order valence-corrected chi connectivity index (χ0v) is 17.2. The Labute approximate surface area is 176 Å². The number of rotatable bonds is 4. The lowest BCUT2D eigenvalue weighted by Crippen LogP contribution is -2.43. The molecule has 0 unspecified atom stereocenters. The Bertz CT molecular complexity index is 763. The summed E-state index contributed by atoms with van der Waals surface area (Å²) in [6.45, 7) is 1.28. The molecular weight excluding hydrogens is 392 g/mol. The number of cyclic esters (lactones) is 1. The fourth-order valence-corrected chi connectivity index (χ4v) is 3.87. The van der Waals surface area contributed by atoms with Crippen LogP contribution in [0.15, 0.2) is 36.4 Å². The normalized spacial score (nSPS) is 24.1. The Hall–Kier alpha value is -2.34. The number of nitrogens with one attached hydrogen (secondary N) is 1. The standard InChI is InChI=1S/C22H27ClN2O4/c23-18-10-8-16(9-11-18)14-24-20(26)13-17-5-2-1-3-7-21(27)29-15-19-6-4-12-25(19)22(17)28/h1-2,8-11,17,19H,3-7,12-15H2,(H,24,26)/b2-1+/t17-,19-/m0/s1. The van der Waals surface area contributed by atoms with E-state index in [1.54, 1.807) is 17.0 Å². The highest BCUT2D eigenvalue weighted by Gasteiger charge is 2.34. The van der Waals surface area contributed by atoms with Crippen LogP contribution >= 0.6 is 11.6 Å². The van der Waals surface area contributed by atoms with E-state index in [9.17, 15) is 14.4 Å². The Morgan fingerprint density at radius 2 is 2.00 bits per heavy atom. The molecule has 0 saturated carbocycles. The van der Waals surface area contributed by atoms with Crippen LogP contribution in [0.2, 0.25) is 5.02 Å². The molecule has 2 heterocycles. The molecule has 3 rings (SSSR count). The van der Waals surface area contributed by atoms with Crippen LogP contribution in [0.1, 0.15) is 44.1 Å². The van der Waals surface area contributed by atoms with E-state index in [1.165, 1.54) is 0 Å². The minimum Gasteiger partial charge on any atom is -0.463 e. The predicted octanol–water partition coefficient (Wildman–Crippen LogP) is 3.24. The predicted molar refractivity (Wildman–Crippen MR) is 110 cm³/mol. The number of benzene rings is 1. The Kier molecular flexibility index (Phi) is 7.69. The summed E-state index contributed by atoms with van der Waals surface area (Å²) in [5, 5.41) is 3.54. The van der Waals surface area contributed by atoms with E-state index in [0.29, 0.717) is 37.4 Å². The molecular formula is C22H27ClN2O4. The zero-order chi connectivity index (χ0) is 20.6. The molecule has 1 N–H and O–H groups in total. The molecule has 0 radical (unpaired) electrons. The average Bonchev–Trinajstić information content (AvgIpc) is 3.18. The third-order valence-corrected chi connectivity index (χ3v) is 5.64. The van der Waals surface area contributed by atoms with Crippen molar-refractivity contribution in [1.29, 1.82) is 0 Å². The fourth-order valence-electron chi connectivity index (χ4n) is 3.74. The number of carbonyl (C=O) groups excluding carboxylic acids is 3. The number of amides is 2. The largest absolute Gasteiger partial charge is 0.463 e. The Morgan fingerprint density at radius 3 is 2.79 bits per heavy atom. The van der Waals surface area contributed by atoms with Gasteiger partial charge in [-0.15, -0.1) is 0 Å². The second kappa shape index (κ2) is 10.4. The number of hydrogen-bond acceptors (Lipinski definition) is 4. The van der Waals surface area contributed by atoms with Crippen molar-refractivity contribution in [2.75, 3.05) is 13.2 Å². The van der Waals surface area contributed by atoms with Crippen LogP contribution in [0.5, 0.6) is 0 Å². The van der Waals surface area contributed by atoms with Crippen molar-refractivity contribution >= 4 is 29.4 Å². The van der Waals surface area contributed by atoms with Crippen LogP contribution in [-0.4, -0.2) is 41.9 Å². The van der Waals surface area contributed by atoms with Crippen molar-refractivity contribution in [3.63, 3.8) is 0 Å². The highest BCUT2D eigenvalue weighted by atomic mass is 35.5. The van der Waals surface area contributed by atoms with Crippen LogP contribution < -0.4 is 5.32 Å². The van der Waals surface area contributed by atoms with Gasteiger partial charge in [-0.25, -0.2) is 0 Å². The van der Waals surface area contributed by atoms with Crippen molar-refractivity contribution in [3.05, 3.63) is 47.0 Å². The quantitative estimate of drug-likeness (QED) is 0.601. The van der Waals surface area contributed by atoms with Crippen molar-refractivity contribution in [3.8, 4) is 0 Å². The average molecular weight is 419 g/mol. The highest BCUT2D eigenvalue weighted by molar-refractivity contribution is 6.30. The summed E-state index contributed by atoms with van der Waals surface area (Å²) in [6, 6.07) is 7.20. The number of nitrogens with zero attached hydrogens (tertiary/aromatic N) is 1. The van der Waals surface area contributed by atoms with Gasteiger partial charge in [-0.2, -0.15) is 0 Å². The van der Waals surface area contributed by atoms with Gasteiger partial charge >= 0.3 is 5.97 Å². The maximum absolute atomic E-state index is 13.1. The van der Waals surface area contributed by atoms with E-state index < -0.39 is 5.92 Å². The molecule has 1 aromatic carbocycles. The lowest BCUT2D eigenvalue weighted by Gasteiger charge is -2.28. The molecule has 2 aliphatic heterocycles. The maximum Gasteiger partial charge on any atom is 0.306 e. The molecule has 1 saturated heterocycles. The van der Waals surface area contributed by atoms with Crippen molar-refractivity contribution in [2.24, 2.45) is 5.92 Å². The second-order valence-electron chi connectivity index (χ2n) is 7.56. The number of carbonyl (C=O) groups is 3. The van der Waals surface area contributed by atoms with Crippen LogP contribution in [0.25, 0.3) is 0 Å². The third kappa shape index (κ3) is 6.32. The SMILES string of the molecule is O=C(C[C@@H]1C/C=C/CCC(=O)OC[C@@H]2CCCN2C1=O)NCc1ccc(Cl)cc1. The summed E-state index contributed by atoms with van der Waals surface area (Å²) in [5.74, 6) is -0.823. The molecule has 2 amide bonds. The first-order valence-corrected chi connectivity index (χ1v) is 10.5. The highest BCUT2D eigenvalue weighted by Crippen LogP contribution is 2.24. The molecule has 0 bridgehead atoms. The van der Waals surface area contributed by atoms with Gasteiger partial charge in [0.2, 0.25) is 11.8 Å². The molecule has 0 aromatic heterocycles. The molecule has 1 fully saturated rings. The van der Waals surface area contributed by atoms with E-state index in [0.717, 1.165) is 18.4 Å². The maximum atomic E-state index is 13.1. The van der Waals surface area contributed by atoms with E-state index >= 15 is 0 Å². The number of hydrogen-bond donors (Lipinski definition) is 1. The van der Waals surface area contributed by atoms with Gasteiger partial charge in [-0.1, -0.05) is 35.9 Å². The number of esters is 1. The zero-order valence-electron chi connectivity index (χ0n) is 16.4. The summed E-state index contributed by atoms with van der Waals surface area (Å²) >= 11 is 5.88. The van der Waals surface area contributed by atoms with E-state index in [2.05, 4.69) is 5.32 Å². The van der Waals surface area contributed by atoms with Crippen LogP contribution in [0, 0.1) is 5.92 Å². The summed E-state index contributed by atoms with van der Waals surface area (Å²) in [7, 11) is 0. The number of fused-ring (bicyclic) bond motifs is 1. The Morgan fingerprint density at radius 1 is 1.21 bits per heavy atom. The monoisotopic (exact) mass is 418 g/mol. The smallest absolute Gasteiger partial charge is 0.306 e. The molecule has 0 aliphatic carbocycles. The lowest BCUT2D eigenvalue weighted by atomic mass is 9.97. The topological polar surface area (TPSA) is 75.7 Å². The molecule has 156 valence electrons. The van der Waals surface area contributed by atoms with E-state index in [-0.39, 0.29) is 36.9 Å². The molecule has 6 nitrogen and oxygen atoms in total. The summed E-state index contributed by atoms with van der Waals surface area (Å²) in [5.41, 5.74) is 0.953. The minimum atomic E-state index is -0.410. The van der Waals surface area contributed by atoms with Crippen molar-refractivity contribution in [2.45, 2.75) is 51.1 Å². The van der Waals surface area contributed by atoms with Gasteiger partial charge < -0.3 is 15.0 Å². The third-order valence-electron chi connectivity index (χ3n) is 5.38. The van der Waals surface area contributed by atoms with Crippen molar-refractivity contribution < 1.29 is 19.1 Å². The first-order chi connectivity index (χ1) is 14.0. The lowest BCUT2D eigenvalue weighted by molar-refractivity contribution is -0.148. The first kappa shape index (κ1) is 21.4. The molecule has 0 spiro atoms. The molecule has 29 heavy (non-hydrogen) atoms. The summed E-state index contributed by atoms with van der Waals surface area (Å²) in [4.78, 5) is 39.2.